The lowest BCUT2D eigenvalue weighted by molar-refractivity contribution is -0.263. The van der Waals surface area contributed by atoms with Crippen LogP contribution in [0.5, 0.6) is 5.75 Å². The summed E-state index contributed by atoms with van der Waals surface area (Å²) >= 11 is 5.72. The topological polar surface area (TPSA) is 18.5 Å². The second-order valence-electron chi connectivity index (χ2n) is 15.8. The average molecular weight is 831 g/mol. The van der Waals surface area contributed by atoms with E-state index < -0.39 is 34.5 Å². The molecule has 0 spiro atoms. The van der Waals surface area contributed by atoms with Crippen LogP contribution in [0.1, 0.15) is 68.2 Å². The van der Waals surface area contributed by atoms with E-state index in [2.05, 4.69) is 32.9 Å². The van der Waals surface area contributed by atoms with Gasteiger partial charge in [0.1, 0.15) is 11.4 Å². The number of methoxy groups -OCH3 is 2. The van der Waals surface area contributed by atoms with Gasteiger partial charge >= 0.3 is 17.8 Å². The van der Waals surface area contributed by atoms with Crippen LogP contribution < -0.4 is 4.74 Å². The first-order valence-corrected chi connectivity index (χ1v) is 20.8. The highest BCUT2D eigenvalue weighted by atomic mass is 32.1. The predicted octanol–water partition coefficient (Wildman–Crippen LogP) is 14.6. The summed E-state index contributed by atoms with van der Waals surface area (Å²) in [5.74, 6) is -15.8. The van der Waals surface area contributed by atoms with Crippen LogP contribution in [0.3, 0.4) is 0 Å². The van der Waals surface area contributed by atoms with Gasteiger partial charge in [-0.25, -0.2) is 0 Å². The van der Waals surface area contributed by atoms with Gasteiger partial charge in [0, 0.05) is 63.7 Å². The van der Waals surface area contributed by atoms with Gasteiger partial charge in [0.2, 0.25) is 0 Å². The molecular weight excluding hydrogens is 791 g/mol. The van der Waals surface area contributed by atoms with Gasteiger partial charge in [0.15, 0.2) is 0 Å². The molecule has 4 heterocycles. The van der Waals surface area contributed by atoms with Gasteiger partial charge in [-0.15, -0.1) is 45.3 Å². The lowest BCUT2D eigenvalue weighted by Crippen LogP contribution is -2.51. The number of ether oxygens (including phenoxy) is 2. The summed E-state index contributed by atoms with van der Waals surface area (Å²) in [4.78, 5) is 6.51. The standard InChI is InChI=1S/C43H40F6O2S4/c1-38(2,3)33-17-15-30(53-33)29-14-13-28(52-29)24-19-21-40(51-8,22-20-24)37-35(41(44,45)43(48,49)42(37,46)47)27-23-32(31-16-18-34(54-31)39(4,5)6)55-36(27)25-9-11-26(50-7)12-10-25/h9-21,23H,22H2,1-8H3. The molecule has 1 aromatic carbocycles. The van der Waals surface area contributed by atoms with E-state index in [1.807, 2.05) is 45.0 Å². The Balaban J connectivity index is 1.37. The highest BCUT2D eigenvalue weighted by Crippen LogP contribution is 2.67. The minimum absolute atomic E-state index is 0.00961. The summed E-state index contributed by atoms with van der Waals surface area (Å²) in [5.41, 5.74) is -4.73. The first-order chi connectivity index (χ1) is 25.6. The maximum Gasteiger partial charge on any atom is 0.380 e. The fraction of sp³-hybridized carbons (Fsp3) is 0.349. The van der Waals surface area contributed by atoms with Crippen LogP contribution in [-0.4, -0.2) is 37.6 Å². The van der Waals surface area contributed by atoms with Crippen molar-refractivity contribution < 1.29 is 35.8 Å². The zero-order valence-corrected chi connectivity index (χ0v) is 34.8. The van der Waals surface area contributed by atoms with Crippen molar-refractivity contribution in [3.05, 3.63) is 111 Å². The van der Waals surface area contributed by atoms with Crippen molar-refractivity contribution in [2.24, 2.45) is 0 Å². The van der Waals surface area contributed by atoms with Gasteiger partial charge in [-0.2, -0.15) is 26.3 Å². The van der Waals surface area contributed by atoms with Crippen LogP contribution in [0.2, 0.25) is 0 Å². The molecule has 0 amide bonds. The first kappa shape index (κ1) is 39.8. The number of rotatable bonds is 8. The summed E-state index contributed by atoms with van der Waals surface area (Å²) in [6.07, 6.45) is 3.98. The quantitative estimate of drug-likeness (QED) is 0.145. The minimum atomic E-state index is -5.75. The van der Waals surface area contributed by atoms with E-state index in [1.165, 1.54) is 52.9 Å². The van der Waals surface area contributed by atoms with Crippen LogP contribution in [-0.2, 0) is 15.6 Å². The zero-order chi connectivity index (χ0) is 39.9. The minimum Gasteiger partial charge on any atom is -0.497 e. The number of thiophene rings is 4. The van der Waals surface area contributed by atoms with Crippen molar-refractivity contribution in [1.82, 2.24) is 0 Å². The van der Waals surface area contributed by atoms with E-state index in [1.54, 1.807) is 41.7 Å². The van der Waals surface area contributed by atoms with Crippen LogP contribution in [0.4, 0.5) is 26.3 Å². The normalized spacial score (nSPS) is 20.7. The van der Waals surface area contributed by atoms with E-state index in [9.17, 15) is 0 Å². The van der Waals surface area contributed by atoms with Gasteiger partial charge < -0.3 is 9.47 Å². The summed E-state index contributed by atoms with van der Waals surface area (Å²) in [6.45, 7) is 12.6. The van der Waals surface area contributed by atoms with Crippen molar-refractivity contribution in [3.63, 3.8) is 0 Å². The third-order valence-electron chi connectivity index (χ3n) is 10.0. The molecule has 12 heteroatoms. The SMILES string of the molecule is COc1ccc(-c2sc(-c3ccc(C(C)(C)C)s3)cc2C2=C(C3(OC)C=CC(c4ccc(-c5ccc(C(C)(C)C)s5)s4)=CC3)C(F)(F)C(F)(F)C2(F)F)cc1. The molecule has 0 saturated carbocycles. The Morgan fingerprint density at radius 3 is 1.67 bits per heavy atom. The molecule has 1 unspecified atom stereocenters. The molecule has 0 aliphatic heterocycles. The molecule has 2 nitrogen and oxygen atoms in total. The number of halogens is 6. The molecule has 2 aliphatic carbocycles. The maximum absolute atomic E-state index is 16.5. The first-order valence-electron chi connectivity index (χ1n) is 17.6. The predicted molar refractivity (Wildman–Crippen MR) is 218 cm³/mol. The molecule has 290 valence electrons. The molecule has 0 bridgehead atoms. The fourth-order valence-corrected chi connectivity index (χ4v) is 11.4. The summed E-state index contributed by atoms with van der Waals surface area (Å²) in [5, 5.41) is 0. The maximum atomic E-state index is 16.5. The van der Waals surface area contributed by atoms with Gasteiger partial charge in [0.25, 0.3) is 0 Å². The molecular formula is C43H40F6O2S4. The second kappa shape index (κ2) is 13.6. The van der Waals surface area contributed by atoms with E-state index >= 15 is 26.3 Å². The highest BCUT2D eigenvalue weighted by molar-refractivity contribution is 7.24. The molecule has 7 rings (SSSR count). The van der Waals surface area contributed by atoms with Crippen molar-refractivity contribution in [1.29, 1.82) is 0 Å². The number of alkyl halides is 6. The molecule has 55 heavy (non-hydrogen) atoms. The summed E-state index contributed by atoms with van der Waals surface area (Å²) in [6, 6.07) is 19.6. The molecule has 2 aliphatic rings. The van der Waals surface area contributed by atoms with E-state index in [0.717, 1.165) is 38.0 Å². The van der Waals surface area contributed by atoms with Gasteiger partial charge in [-0.1, -0.05) is 53.7 Å². The second-order valence-corrected chi connectivity index (χ2v) is 20.1. The van der Waals surface area contributed by atoms with Crippen molar-refractivity contribution in [2.45, 2.75) is 82.2 Å². The number of allylic oxidation sites excluding steroid dienone is 3. The molecule has 0 radical (unpaired) electrons. The van der Waals surface area contributed by atoms with E-state index in [4.69, 9.17) is 9.47 Å². The molecule has 1 atom stereocenters. The van der Waals surface area contributed by atoms with Crippen molar-refractivity contribution in [2.75, 3.05) is 14.2 Å². The third kappa shape index (κ3) is 6.59. The Hall–Kier alpha value is -3.42. The fourth-order valence-electron chi connectivity index (χ4n) is 6.88. The van der Waals surface area contributed by atoms with Crippen LogP contribution >= 0.6 is 45.3 Å². The molecule has 4 aromatic heterocycles. The summed E-state index contributed by atoms with van der Waals surface area (Å²) < 4.78 is 108. The van der Waals surface area contributed by atoms with Crippen LogP contribution in [0.25, 0.3) is 41.1 Å². The number of hydrogen-bond acceptors (Lipinski definition) is 6. The summed E-state index contributed by atoms with van der Waals surface area (Å²) in [7, 11) is 2.56. The monoisotopic (exact) mass is 830 g/mol. The Labute approximate surface area is 333 Å². The smallest absolute Gasteiger partial charge is 0.380 e. The van der Waals surface area contributed by atoms with Crippen molar-refractivity contribution in [3.8, 4) is 35.7 Å². The lowest BCUT2D eigenvalue weighted by Gasteiger charge is -2.36. The molecule has 0 saturated heterocycles. The molecule has 0 fully saturated rings. The Morgan fingerprint density at radius 1 is 0.618 bits per heavy atom. The number of benzene rings is 1. The van der Waals surface area contributed by atoms with Gasteiger partial charge in [0.05, 0.1) is 12.7 Å². The number of hydrogen-bond donors (Lipinski definition) is 0. The highest BCUT2D eigenvalue weighted by Gasteiger charge is 2.82. The van der Waals surface area contributed by atoms with Crippen molar-refractivity contribution >= 4 is 56.5 Å². The Kier molecular flexibility index (Phi) is 9.85. The Morgan fingerprint density at radius 2 is 1.16 bits per heavy atom. The Bertz CT molecular complexity index is 2340. The zero-order valence-electron chi connectivity index (χ0n) is 31.5. The largest absolute Gasteiger partial charge is 0.497 e. The van der Waals surface area contributed by atoms with Gasteiger partial charge in [-0.05, 0) is 94.8 Å². The van der Waals surface area contributed by atoms with E-state index in [0.29, 0.717) is 26.6 Å². The van der Waals surface area contributed by atoms with Gasteiger partial charge in [-0.3, -0.25) is 0 Å². The van der Waals surface area contributed by atoms with Crippen LogP contribution in [0, 0.1) is 0 Å². The third-order valence-corrected chi connectivity index (χ3v) is 15.8. The van der Waals surface area contributed by atoms with E-state index in [-0.39, 0.29) is 27.7 Å². The van der Waals surface area contributed by atoms with Crippen LogP contribution in [0.15, 0.2) is 90.5 Å². The lowest BCUT2D eigenvalue weighted by atomic mass is 9.80. The average Bonchev–Trinajstić information content (AvgIpc) is 3.96. The molecule has 5 aromatic rings. The molecule has 0 N–H and O–H groups in total.